The molecule has 0 unspecified atom stereocenters. The number of methoxy groups -OCH3 is 1. The molecule has 0 spiro atoms. The molecular weight excluding hydrogens is 292 g/mol. The standard InChI is InChI=1S/C13H8Cl2FNO2/c1-19-13(18)8-5-6-10(16)17-12(8)7-3-2-4-9(14)11(7)15/h2-6H,1H3. The first-order valence-electron chi connectivity index (χ1n) is 5.24. The molecule has 0 amide bonds. The lowest BCUT2D eigenvalue weighted by Crippen LogP contribution is -2.06. The van der Waals surface area contributed by atoms with Crippen LogP contribution in [0.3, 0.4) is 0 Å². The first-order valence-corrected chi connectivity index (χ1v) is 5.99. The molecule has 1 aromatic heterocycles. The number of hydrogen-bond donors (Lipinski definition) is 0. The molecular formula is C13H8Cl2FNO2. The van der Waals surface area contributed by atoms with Gasteiger partial charge < -0.3 is 4.74 Å². The van der Waals surface area contributed by atoms with Gasteiger partial charge in [-0.2, -0.15) is 4.39 Å². The van der Waals surface area contributed by atoms with Crippen LogP contribution in [0, 0.1) is 5.95 Å². The molecule has 2 aromatic rings. The van der Waals surface area contributed by atoms with Gasteiger partial charge in [-0.1, -0.05) is 35.3 Å². The van der Waals surface area contributed by atoms with Crippen LogP contribution in [0.25, 0.3) is 11.3 Å². The Morgan fingerprint density at radius 1 is 1.26 bits per heavy atom. The number of ether oxygens (including phenoxy) is 1. The molecule has 0 aliphatic rings. The molecule has 0 atom stereocenters. The fraction of sp³-hybridized carbons (Fsp3) is 0.0769. The lowest BCUT2D eigenvalue weighted by Gasteiger charge is -2.09. The summed E-state index contributed by atoms with van der Waals surface area (Å²) in [5.74, 6) is -1.35. The maximum Gasteiger partial charge on any atom is 0.340 e. The van der Waals surface area contributed by atoms with E-state index in [4.69, 9.17) is 23.2 Å². The monoisotopic (exact) mass is 299 g/mol. The minimum Gasteiger partial charge on any atom is -0.465 e. The summed E-state index contributed by atoms with van der Waals surface area (Å²) in [7, 11) is 1.23. The van der Waals surface area contributed by atoms with Crippen molar-refractivity contribution in [3.63, 3.8) is 0 Å². The van der Waals surface area contributed by atoms with Crippen molar-refractivity contribution in [1.29, 1.82) is 0 Å². The van der Waals surface area contributed by atoms with Gasteiger partial charge in [0.1, 0.15) is 0 Å². The number of halogens is 3. The third kappa shape index (κ3) is 2.69. The summed E-state index contributed by atoms with van der Waals surface area (Å²) in [6.45, 7) is 0. The van der Waals surface area contributed by atoms with E-state index >= 15 is 0 Å². The summed E-state index contributed by atoms with van der Waals surface area (Å²) in [6, 6.07) is 7.19. The number of nitrogens with zero attached hydrogens (tertiary/aromatic N) is 1. The van der Waals surface area contributed by atoms with Crippen LogP contribution < -0.4 is 0 Å². The number of carbonyl (C=O) groups excluding carboxylic acids is 1. The van der Waals surface area contributed by atoms with Gasteiger partial charge in [-0.15, -0.1) is 0 Å². The lowest BCUT2D eigenvalue weighted by molar-refractivity contribution is 0.0601. The number of hydrogen-bond acceptors (Lipinski definition) is 3. The molecule has 6 heteroatoms. The average molecular weight is 300 g/mol. The third-order valence-electron chi connectivity index (χ3n) is 2.47. The van der Waals surface area contributed by atoms with Gasteiger partial charge in [-0.05, 0) is 18.2 Å². The van der Waals surface area contributed by atoms with Gasteiger partial charge in [-0.25, -0.2) is 9.78 Å². The van der Waals surface area contributed by atoms with Gasteiger partial charge in [0, 0.05) is 5.56 Å². The Balaban J connectivity index is 2.70. The summed E-state index contributed by atoms with van der Waals surface area (Å²) in [4.78, 5) is 15.4. The van der Waals surface area contributed by atoms with Gasteiger partial charge >= 0.3 is 5.97 Å². The van der Waals surface area contributed by atoms with E-state index in [1.807, 2.05) is 0 Å². The molecule has 3 nitrogen and oxygen atoms in total. The maximum absolute atomic E-state index is 13.3. The maximum atomic E-state index is 13.3. The Morgan fingerprint density at radius 3 is 2.68 bits per heavy atom. The molecule has 0 saturated carbocycles. The van der Waals surface area contributed by atoms with Gasteiger partial charge in [0.2, 0.25) is 5.95 Å². The van der Waals surface area contributed by atoms with Crippen LogP contribution in [-0.2, 0) is 4.74 Å². The SMILES string of the molecule is COC(=O)c1ccc(F)nc1-c1cccc(Cl)c1Cl. The molecule has 0 fully saturated rings. The summed E-state index contributed by atoms with van der Waals surface area (Å²) in [5.41, 5.74) is 0.585. The fourth-order valence-corrected chi connectivity index (χ4v) is 1.99. The van der Waals surface area contributed by atoms with Crippen LogP contribution in [0.2, 0.25) is 10.0 Å². The van der Waals surface area contributed by atoms with Crippen LogP contribution >= 0.6 is 23.2 Å². The molecule has 2 rings (SSSR count). The van der Waals surface area contributed by atoms with Crippen molar-refractivity contribution in [2.75, 3.05) is 7.11 Å². The molecule has 98 valence electrons. The summed E-state index contributed by atoms with van der Waals surface area (Å²) in [6.07, 6.45) is 0. The summed E-state index contributed by atoms with van der Waals surface area (Å²) < 4.78 is 17.9. The number of benzene rings is 1. The Bertz CT molecular complexity index is 647. The first kappa shape index (κ1) is 13.8. The molecule has 0 bridgehead atoms. The quantitative estimate of drug-likeness (QED) is 0.622. The molecule has 1 heterocycles. The molecule has 1 aromatic carbocycles. The largest absolute Gasteiger partial charge is 0.465 e. The molecule has 0 aliphatic carbocycles. The number of carbonyl (C=O) groups is 1. The van der Waals surface area contributed by atoms with Crippen molar-refractivity contribution in [1.82, 2.24) is 4.98 Å². The second-order valence-electron chi connectivity index (χ2n) is 3.62. The first-order chi connectivity index (χ1) is 9.04. The smallest absolute Gasteiger partial charge is 0.340 e. The van der Waals surface area contributed by atoms with E-state index < -0.39 is 11.9 Å². The van der Waals surface area contributed by atoms with Gasteiger partial charge in [-0.3, -0.25) is 0 Å². The minimum atomic E-state index is -0.723. The third-order valence-corrected chi connectivity index (χ3v) is 3.29. The summed E-state index contributed by atoms with van der Waals surface area (Å²) in [5, 5.41) is 0.494. The van der Waals surface area contributed by atoms with Crippen molar-refractivity contribution in [2.24, 2.45) is 0 Å². The highest BCUT2D eigenvalue weighted by molar-refractivity contribution is 6.43. The van der Waals surface area contributed by atoms with E-state index in [0.29, 0.717) is 10.6 Å². The molecule has 19 heavy (non-hydrogen) atoms. The zero-order valence-electron chi connectivity index (χ0n) is 9.78. The van der Waals surface area contributed by atoms with E-state index in [1.54, 1.807) is 18.2 Å². The van der Waals surface area contributed by atoms with Crippen molar-refractivity contribution in [3.05, 3.63) is 51.9 Å². The van der Waals surface area contributed by atoms with Crippen molar-refractivity contribution >= 4 is 29.2 Å². The Kier molecular flexibility index (Phi) is 4.02. The lowest BCUT2D eigenvalue weighted by atomic mass is 10.1. The van der Waals surface area contributed by atoms with E-state index in [-0.39, 0.29) is 16.3 Å². The molecule has 0 radical (unpaired) electrons. The number of aromatic nitrogens is 1. The van der Waals surface area contributed by atoms with Gasteiger partial charge in [0.05, 0.1) is 28.4 Å². The number of rotatable bonds is 2. The van der Waals surface area contributed by atoms with E-state index in [2.05, 4.69) is 9.72 Å². The van der Waals surface area contributed by atoms with E-state index in [9.17, 15) is 9.18 Å². The highest BCUT2D eigenvalue weighted by Crippen LogP contribution is 2.34. The van der Waals surface area contributed by atoms with Crippen molar-refractivity contribution in [3.8, 4) is 11.3 Å². The van der Waals surface area contributed by atoms with Crippen molar-refractivity contribution in [2.45, 2.75) is 0 Å². The fourth-order valence-electron chi connectivity index (χ4n) is 1.60. The Morgan fingerprint density at radius 2 is 2.00 bits per heavy atom. The van der Waals surface area contributed by atoms with Gasteiger partial charge in [0.15, 0.2) is 0 Å². The highest BCUT2D eigenvalue weighted by Gasteiger charge is 2.18. The predicted molar refractivity (Wildman–Crippen MR) is 71.0 cm³/mol. The number of pyridine rings is 1. The Labute approximate surface area is 118 Å². The normalized spacial score (nSPS) is 10.3. The van der Waals surface area contributed by atoms with Crippen LogP contribution in [0.5, 0.6) is 0 Å². The minimum absolute atomic E-state index is 0.0966. The average Bonchev–Trinajstić information content (AvgIpc) is 2.41. The van der Waals surface area contributed by atoms with E-state index in [0.717, 1.165) is 6.07 Å². The summed E-state index contributed by atoms with van der Waals surface area (Å²) >= 11 is 12.0. The zero-order chi connectivity index (χ0) is 14.0. The van der Waals surface area contributed by atoms with Crippen LogP contribution in [0.1, 0.15) is 10.4 Å². The van der Waals surface area contributed by atoms with Crippen LogP contribution in [-0.4, -0.2) is 18.1 Å². The van der Waals surface area contributed by atoms with Gasteiger partial charge in [0.25, 0.3) is 0 Å². The zero-order valence-corrected chi connectivity index (χ0v) is 11.3. The number of esters is 1. The van der Waals surface area contributed by atoms with Crippen molar-refractivity contribution < 1.29 is 13.9 Å². The molecule has 0 N–H and O–H groups in total. The Hall–Kier alpha value is -1.65. The predicted octanol–water partition coefficient (Wildman–Crippen LogP) is 3.98. The van der Waals surface area contributed by atoms with E-state index in [1.165, 1.54) is 13.2 Å². The highest BCUT2D eigenvalue weighted by atomic mass is 35.5. The second kappa shape index (κ2) is 5.55. The van der Waals surface area contributed by atoms with Crippen LogP contribution in [0.15, 0.2) is 30.3 Å². The van der Waals surface area contributed by atoms with Crippen LogP contribution in [0.4, 0.5) is 4.39 Å². The molecule has 0 saturated heterocycles. The molecule has 0 aliphatic heterocycles. The second-order valence-corrected chi connectivity index (χ2v) is 4.41. The topological polar surface area (TPSA) is 39.2 Å².